The summed E-state index contributed by atoms with van der Waals surface area (Å²) in [5.41, 5.74) is 1.32. The lowest BCUT2D eigenvalue weighted by molar-refractivity contribution is -0.130. The molecule has 0 aliphatic carbocycles. The van der Waals surface area contributed by atoms with E-state index < -0.39 is 10.0 Å². The fourth-order valence-electron chi connectivity index (χ4n) is 3.34. The molecule has 28 heavy (non-hydrogen) atoms. The van der Waals surface area contributed by atoms with Gasteiger partial charge in [-0.2, -0.15) is 0 Å². The Balaban J connectivity index is 2.01. The molecule has 1 amide bonds. The predicted octanol–water partition coefficient (Wildman–Crippen LogP) is 3.21. The second kappa shape index (κ2) is 8.65. The molecule has 0 N–H and O–H groups in total. The van der Waals surface area contributed by atoms with E-state index >= 15 is 0 Å². The van der Waals surface area contributed by atoms with Crippen LogP contribution in [0.5, 0.6) is 5.75 Å². The van der Waals surface area contributed by atoms with Crippen LogP contribution in [0.4, 0.5) is 5.69 Å². The van der Waals surface area contributed by atoms with Gasteiger partial charge in [0.1, 0.15) is 12.3 Å². The molecular weight excluding hydrogens is 376 g/mol. The topological polar surface area (TPSA) is 66.9 Å². The fraction of sp³-hybridized carbons (Fsp3) is 0.381. The van der Waals surface area contributed by atoms with E-state index in [2.05, 4.69) is 0 Å². The highest BCUT2D eigenvalue weighted by molar-refractivity contribution is 7.92. The van der Waals surface area contributed by atoms with Gasteiger partial charge in [-0.15, -0.1) is 0 Å². The predicted molar refractivity (Wildman–Crippen MR) is 109 cm³/mol. The molecule has 3 rings (SSSR count). The highest BCUT2D eigenvalue weighted by Gasteiger charge is 2.31. The van der Waals surface area contributed by atoms with Crippen molar-refractivity contribution in [1.82, 2.24) is 4.90 Å². The van der Waals surface area contributed by atoms with Gasteiger partial charge in [0.05, 0.1) is 17.7 Å². The van der Waals surface area contributed by atoms with Crippen LogP contribution < -0.4 is 9.04 Å². The molecular formula is C21H26N2O4S. The summed E-state index contributed by atoms with van der Waals surface area (Å²) in [6.45, 7) is 2.98. The number of hydrogen-bond acceptors (Lipinski definition) is 4. The molecule has 1 aliphatic rings. The zero-order valence-corrected chi connectivity index (χ0v) is 17.1. The second-order valence-electron chi connectivity index (χ2n) is 6.94. The maximum absolute atomic E-state index is 13.4. The highest BCUT2D eigenvalue weighted by atomic mass is 32.2. The lowest BCUT2D eigenvalue weighted by Crippen LogP contribution is -2.45. The Morgan fingerprint density at radius 1 is 1.04 bits per heavy atom. The molecule has 0 bridgehead atoms. The zero-order valence-electron chi connectivity index (χ0n) is 16.3. The Kier molecular flexibility index (Phi) is 6.24. The summed E-state index contributed by atoms with van der Waals surface area (Å²) < 4.78 is 33.4. The van der Waals surface area contributed by atoms with Gasteiger partial charge in [-0.1, -0.05) is 29.8 Å². The summed E-state index contributed by atoms with van der Waals surface area (Å²) in [7, 11) is -2.44. The summed E-state index contributed by atoms with van der Waals surface area (Å²) in [5, 5.41) is 0. The van der Waals surface area contributed by atoms with E-state index in [1.54, 1.807) is 53.4 Å². The van der Waals surface area contributed by atoms with Gasteiger partial charge in [0.25, 0.3) is 10.0 Å². The summed E-state index contributed by atoms with van der Waals surface area (Å²) in [5.74, 6) is 0.214. The van der Waals surface area contributed by atoms with Gasteiger partial charge in [-0.05, 0) is 50.5 Å². The molecule has 0 unspecified atom stereocenters. The molecule has 6 nitrogen and oxygen atoms in total. The minimum Gasteiger partial charge on any atom is -0.495 e. The van der Waals surface area contributed by atoms with E-state index in [9.17, 15) is 13.2 Å². The Labute approximate surface area is 166 Å². The van der Waals surface area contributed by atoms with Crippen molar-refractivity contribution in [2.45, 2.75) is 31.1 Å². The third kappa shape index (κ3) is 4.30. The number of methoxy groups -OCH3 is 1. The van der Waals surface area contributed by atoms with Crippen molar-refractivity contribution in [3.05, 3.63) is 54.1 Å². The molecule has 150 valence electrons. The number of sulfonamides is 1. The molecule has 1 saturated heterocycles. The molecule has 0 saturated carbocycles. The van der Waals surface area contributed by atoms with Crippen molar-refractivity contribution in [2.24, 2.45) is 0 Å². The monoisotopic (exact) mass is 402 g/mol. The van der Waals surface area contributed by atoms with Gasteiger partial charge in [-0.3, -0.25) is 9.10 Å². The minimum atomic E-state index is -3.93. The van der Waals surface area contributed by atoms with Crippen LogP contribution in [0.25, 0.3) is 0 Å². The Morgan fingerprint density at radius 2 is 1.68 bits per heavy atom. The van der Waals surface area contributed by atoms with E-state index in [0.717, 1.165) is 29.1 Å². The standard InChI is InChI=1S/C21H26N2O4S/c1-17-10-12-18(13-11-17)28(25,26)23(19-8-4-5-9-20(19)27-2)16-21(24)22-14-6-3-7-15-22/h4-5,8-13H,3,6-7,14-16H2,1-2H3. The van der Waals surface area contributed by atoms with Crippen molar-refractivity contribution in [3.8, 4) is 5.75 Å². The number of amides is 1. The number of para-hydroxylation sites is 2. The van der Waals surface area contributed by atoms with Gasteiger partial charge < -0.3 is 9.64 Å². The van der Waals surface area contributed by atoms with Crippen LogP contribution in [0.2, 0.25) is 0 Å². The van der Waals surface area contributed by atoms with Crippen molar-refractivity contribution >= 4 is 21.6 Å². The smallest absolute Gasteiger partial charge is 0.264 e. The first kappa shape index (κ1) is 20.2. The fourth-order valence-corrected chi connectivity index (χ4v) is 4.76. The number of ether oxygens (including phenoxy) is 1. The van der Waals surface area contributed by atoms with Gasteiger partial charge in [0, 0.05) is 13.1 Å². The molecule has 0 spiro atoms. The molecule has 0 aromatic heterocycles. The van der Waals surface area contributed by atoms with Crippen molar-refractivity contribution in [2.75, 3.05) is 31.0 Å². The third-order valence-corrected chi connectivity index (χ3v) is 6.72. The summed E-state index contributed by atoms with van der Waals surface area (Å²) >= 11 is 0. The van der Waals surface area contributed by atoms with E-state index in [4.69, 9.17) is 4.74 Å². The number of anilines is 1. The number of piperidine rings is 1. The quantitative estimate of drug-likeness (QED) is 0.744. The molecule has 0 atom stereocenters. The number of rotatable bonds is 6. The highest BCUT2D eigenvalue weighted by Crippen LogP contribution is 2.32. The molecule has 1 aliphatic heterocycles. The summed E-state index contributed by atoms with van der Waals surface area (Å²) in [6, 6.07) is 13.5. The minimum absolute atomic E-state index is 0.149. The second-order valence-corrected chi connectivity index (χ2v) is 8.80. The lowest BCUT2D eigenvalue weighted by atomic mass is 10.1. The van der Waals surface area contributed by atoms with E-state index in [1.165, 1.54) is 7.11 Å². The average molecular weight is 403 g/mol. The number of hydrogen-bond donors (Lipinski definition) is 0. The van der Waals surface area contributed by atoms with Crippen LogP contribution >= 0.6 is 0 Å². The average Bonchev–Trinajstić information content (AvgIpc) is 2.72. The molecule has 7 heteroatoms. The van der Waals surface area contributed by atoms with Crippen molar-refractivity contribution in [1.29, 1.82) is 0 Å². The zero-order chi connectivity index (χ0) is 20.1. The summed E-state index contributed by atoms with van der Waals surface area (Å²) in [6.07, 6.45) is 3.00. The lowest BCUT2D eigenvalue weighted by Gasteiger charge is -2.31. The van der Waals surface area contributed by atoms with Crippen LogP contribution in [-0.2, 0) is 14.8 Å². The van der Waals surface area contributed by atoms with E-state index in [-0.39, 0.29) is 17.3 Å². The first-order chi connectivity index (χ1) is 13.4. The van der Waals surface area contributed by atoms with Gasteiger partial charge in [0.15, 0.2) is 0 Å². The number of carbonyl (C=O) groups excluding carboxylic acids is 1. The molecule has 2 aromatic carbocycles. The largest absolute Gasteiger partial charge is 0.495 e. The molecule has 0 radical (unpaired) electrons. The maximum atomic E-state index is 13.4. The van der Waals surface area contributed by atoms with Crippen molar-refractivity contribution in [3.63, 3.8) is 0 Å². The molecule has 1 heterocycles. The van der Waals surface area contributed by atoms with Crippen molar-refractivity contribution < 1.29 is 17.9 Å². The van der Waals surface area contributed by atoms with E-state index in [1.807, 2.05) is 6.92 Å². The van der Waals surface area contributed by atoms with Gasteiger partial charge in [0.2, 0.25) is 5.91 Å². The number of benzene rings is 2. The first-order valence-corrected chi connectivity index (χ1v) is 10.9. The number of carbonyl (C=O) groups is 1. The van der Waals surface area contributed by atoms with Crippen LogP contribution in [0.15, 0.2) is 53.4 Å². The SMILES string of the molecule is COc1ccccc1N(CC(=O)N1CCCCC1)S(=O)(=O)c1ccc(C)cc1. The van der Waals surface area contributed by atoms with Crippen LogP contribution in [0, 0.1) is 6.92 Å². The number of likely N-dealkylation sites (tertiary alicyclic amines) is 1. The first-order valence-electron chi connectivity index (χ1n) is 9.43. The maximum Gasteiger partial charge on any atom is 0.264 e. The molecule has 1 fully saturated rings. The van der Waals surface area contributed by atoms with Crippen LogP contribution in [0.1, 0.15) is 24.8 Å². The van der Waals surface area contributed by atoms with Crippen LogP contribution in [-0.4, -0.2) is 46.0 Å². The van der Waals surface area contributed by atoms with Gasteiger partial charge >= 0.3 is 0 Å². The third-order valence-electron chi connectivity index (χ3n) is 4.95. The van der Waals surface area contributed by atoms with Gasteiger partial charge in [-0.25, -0.2) is 8.42 Å². The number of nitrogens with zero attached hydrogens (tertiary/aromatic N) is 2. The van der Waals surface area contributed by atoms with E-state index in [0.29, 0.717) is 24.5 Å². The Bertz CT molecular complexity index is 920. The Morgan fingerprint density at radius 3 is 2.32 bits per heavy atom. The molecule has 2 aromatic rings. The number of aryl methyl sites for hydroxylation is 1. The summed E-state index contributed by atoms with van der Waals surface area (Å²) in [4.78, 5) is 14.8. The van der Waals surface area contributed by atoms with Crippen LogP contribution in [0.3, 0.4) is 0 Å². The Hall–Kier alpha value is -2.54. The normalized spacial score (nSPS) is 14.6.